The highest BCUT2D eigenvalue weighted by atomic mass is 35.5. The van der Waals surface area contributed by atoms with Gasteiger partial charge in [-0.15, -0.1) is 0 Å². The maximum absolute atomic E-state index is 11.6. The van der Waals surface area contributed by atoms with Gasteiger partial charge in [-0.1, -0.05) is 31.2 Å². The van der Waals surface area contributed by atoms with E-state index in [4.69, 9.17) is 16.3 Å². The van der Waals surface area contributed by atoms with Gasteiger partial charge in [0.25, 0.3) is 5.24 Å². The molecule has 0 atom stereocenters. The molecule has 0 unspecified atom stereocenters. The summed E-state index contributed by atoms with van der Waals surface area (Å²) in [4.78, 5) is 22.6. The van der Waals surface area contributed by atoms with Crippen LogP contribution >= 0.6 is 11.6 Å². The molecule has 0 saturated carbocycles. The molecule has 0 bridgehead atoms. The number of ether oxygens (including phenoxy) is 1. The lowest BCUT2D eigenvalue weighted by molar-refractivity contribution is 0.107. The van der Waals surface area contributed by atoms with Crippen molar-refractivity contribution in [3.05, 3.63) is 53.6 Å². The molecule has 0 aliphatic rings. The molecule has 0 spiro atoms. The lowest BCUT2D eigenvalue weighted by Crippen LogP contribution is -2.00. The summed E-state index contributed by atoms with van der Waals surface area (Å²) in [5.74, 6) is 0.668. The number of aldehydes is 1. The Morgan fingerprint density at radius 2 is 1.95 bits per heavy atom. The van der Waals surface area contributed by atoms with E-state index in [0.717, 1.165) is 18.3 Å². The van der Waals surface area contributed by atoms with Crippen LogP contribution in [-0.4, -0.2) is 18.1 Å². The average Bonchev–Trinajstić information content (AvgIpc) is 2.52. The van der Waals surface area contributed by atoms with Gasteiger partial charge in [0, 0.05) is 16.7 Å². The van der Waals surface area contributed by atoms with Gasteiger partial charge in [-0.05, 0) is 41.8 Å². The normalized spacial score (nSPS) is 10.2. The van der Waals surface area contributed by atoms with E-state index in [1.807, 2.05) is 31.2 Å². The molecule has 2 aromatic rings. The first-order valence-corrected chi connectivity index (χ1v) is 7.06. The van der Waals surface area contributed by atoms with Crippen molar-refractivity contribution in [2.75, 3.05) is 6.61 Å². The summed E-state index contributed by atoms with van der Waals surface area (Å²) in [5, 5.41) is -0.562. The zero-order chi connectivity index (χ0) is 15.2. The number of hydrogen-bond acceptors (Lipinski definition) is 3. The van der Waals surface area contributed by atoms with E-state index in [1.54, 1.807) is 18.2 Å². The van der Waals surface area contributed by atoms with Gasteiger partial charge in [-0.25, -0.2) is 0 Å². The van der Waals surface area contributed by atoms with Gasteiger partial charge in [0.15, 0.2) is 0 Å². The quantitative estimate of drug-likeness (QED) is 0.589. The second-order valence-corrected chi connectivity index (χ2v) is 4.88. The molecule has 0 aromatic heterocycles. The van der Waals surface area contributed by atoms with Crippen LogP contribution in [0.4, 0.5) is 0 Å². The molecular weight excluding hydrogens is 288 g/mol. The molecule has 0 aliphatic carbocycles. The predicted octanol–water partition coefficient (Wildman–Crippen LogP) is 4.33. The van der Waals surface area contributed by atoms with Gasteiger partial charge in [0.05, 0.1) is 6.61 Å². The Morgan fingerprint density at radius 1 is 1.19 bits per heavy atom. The molecule has 108 valence electrons. The summed E-state index contributed by atoms with van der Waals surface area (Å²) >= 11 is 5.64. The second kappa shape index (κ2) is 7.04. The van der Waals surface area contributed by atoms with Crippen molar-refractivity contribution in [3.63, 3.8) is 0 Å². The first kappa shape index (κ1) is 15.3. The second-order valence-electron chi connectivity index (χ2n) is 4.54. The van der Waals surface area contributed by atoms with Crippen LogP contribution in [0.3, 0.4) is 0 Å². The highest BCUT2D eigenvalue weighted by Gasteiger charge is 2.15. The SMILES string of the molecule is CCCOc1ccccc1-c1cc(C=O)ccc1C(=O)Cl. The van der Waals surface area contributed by atoms with E-state index >= 15 is 0 Å². The Balaban J connectivity index is 2.59. The minimum atomic E-state index is -0.562. The maximum Gasteiger partial charge on any atom is 0.253 e. The lowest BCUT2D eigenvalue weighted by atomic mass is 9.97. The van der Waals surface area contributed by atoms with Crippen molar-refractivity contribution in [1.29, 1.82) is 0 Å². The molecule has 4 heteroatoms. The largest absolute Gasteiger partial charge is 0.493 e. The van der Waals surface area contributed by atoms with Gasteiger partial charge in [-0.2, -0.15) is 0 Å². The third-order valence-corrected chi connectivity index (χ3v) is 3.23. The van der Waals surface area contributed by atoms with Crippen molar-refractivity contribution in [2.24, 2.45) is 0 Å². The third kappa shape index (κ3) is 3.50. The molecule has 0 heterocycles. The number of halogens is 1. The molecule has 2 rings (SSSR count). The van der Waals surface area contributed by atoms with Crippen LogP contribution < -0.4 is 4.74 Å². The molecule has 2 aromatic carbocycles. The monoisotopic (exact) mass is 302 g/mol. The van der Waals surface area contributed by atoms with E-state index < -0.39 is 5.24 Å². The van der Waals surface area contributed by atoms with Crippen LogP contribution in [0.2, 0.25) is 0 Å². The fourth-order valence-corrected chi connectivity index (χ4v) is 2.22. The first-order chi connectivity index (χ1) is 10.2. The van der Waals surface area contributed by atoms with Crippen molar-refractivity contribution >= 4 is 23.1 Å². The molecule has 0 fully saturated rings. The average molecular weight is 303 g/mol. The topological polar surface area (TPSA) is 43.4 Å². The van der Waals surface area contributed by atoms with Gasteiger partial charge < -0.3 is 4.74 Å². The summed E-state index contributed by atoms with van der Waals surface area (Å²) in [7, 11) is 0. The molecule has 0 saturated heterocycles. The number of carbonyl (C=O) groups excluding carboxylic acids is 2. The number of rotatable bonds is 6. The van der Waals surface area contributed by atoms with Crippen molar-refractivity contribution in [1.82, 2.24) is 0 Å². The molecule has 0 radical (unpaired) electrons. The van der Waals surface area contributed by atoms with Crippen LogP contribution in [0.5, 0.6) is 5.75 Å². The van der Waals surface area contributed by atoms with Crippen LogP contribution in [0.25, 0.3) is 11.1 Å². The Labute approximate surface area is 128 Å². The third-order valence-electron chi connectivity index (χ3n) is 3.03. The summed E-state index contributed by atoms with van der Waals surface area (Å²) in [6.07, 6.45) is 1.62. The van der Waals surface area contributed by atoms with Crippen LogP contribution in [0.1, 0.15) is 34.1 Å². The molecule has 21 heavy (non-hydrogen) atoms. The minimum absolute atomic E-state index is 0.356. The lowest BCUT2D eigenvalue weighted by Gasteiger charge is -2.13. The highest BCUT2D eigenvalue weighted by Crippen LogP contribution is 2.33. The van der Waals surface area contributed by atoms with Crippen LogP contribution in [0.15, 0.2) is 42.5 Å². The van der Waals surface area contributed by atoms with Crippen LogP contribution in [-0.2, 0) is 0 Å². The predicted molar refractivity (Wildman–Crippen MR) is 83.2 cm³/mol. The summed E-state index contributed by atoms with van der Waals surface area (Å²) in [6.45, 7) is 2.60. The number of para-hydroxylation sites is 1. The van der Waals surface area contributed by atoms with Gasteiger partial charge in [0.1, 0.15) is 12.0 Å². The maximum atomic E-state index is 11.6. The smallest absolute Gasteiger partial charge is 0.253 e. The van der Waals surface area contributed by atoms with Crippen LogP contribution in [0, 0.1) is 0 Å². The fraction of sp³-hybridized carbons (Fsp3) is 0.176. The van der Waals surface area contributed by atoms with Crippen molar-refractivity contribution in [2.45, 2.75) is 13.3 Å². The van der Waals surface area contributed by atoms with E-state index in [0.29, 0.717) is 29.0 Å². The Hall–Kier alpha value is -2.13. The number of carbonyl (C=O) groups is 2. The molecule has 0 aliphatic heterocycles. The van der Waals surface area contributed by atoms with Gasteiger partial charge in [0.2, 0.25) is 0 Å². The zero-order valence-electron chi connectivity index (χ0n) is 11.6. The van der Waals surface area contributed by atoms with Gasteiger partial charge >= 0.3 is 0 Å². The molecule has 0 N–H and O–H groups in total. The highest BCUT2D eigenvalue weighted by molar-refractivity contribution is 6.68. The molecule has 3 nitrogen and oxygen atoms in total. The number of benzene rings is 2. The van der Waals surface area contributed by atoms with Crippen molar-refractivity contribution < 1.29 is 14.3 Å². The summed E-state index contributed by atoms with van der Waals surface area (Å²) in [5.41, 5.74) is 2.19. The first-order valence-electron chi connectivity index (χ1n) is 6.68. The van der Waals surface area contributed by atoms with Gasteiger partial charge in [-0.3, -0.25) is 9.59 Å². The fourth-order valence-electron chi connectivity index (χ4n) is 2.06. The van der Waals surface area contributed by atoms with E-state index in [9.17, 15) is 9.59 Å². The summed E-state index contributed by atoms with van der Waals surface area (Å²) in [6, 6.07) is 12.2. The zero-order valence-corrected chi connectivity index (χ0v) is 12.4. The Kier molecular flexibility index (Phi) is 5.12. The molecular formula is C17H15ClO3. The minimum Gasteiger partial charge on any atom is -0.493 e. The van der Waals surface area contributed by atoms with Crippen molar-refractivity contribution in [3.8, 4) is 16.9 Å². The Morgan fingerprint density at radius 3 is 2.62 bits per heavy atom. The summed E-state index contributed by atoms with van der Waals surface area (Å²) < 4.78 is 5.71. The standard InChI is InChI=1S/C17H15ClO3/c1-2-9-21-16-6-4-3-5-13(16)15-10-12(11-19)7-8-14(15)17(18)20/h3-8,10-11H,2,9H2,1H3. The molecule has 0 amide bonds. The Bertz CT molecular complexity index is 665. The van der Waals surface area contributed by atoms with E-state index in [-0.39, 0.29) is 0 Å². The van der Waals surface area contributed by atoms with E-state index in [2.05, 4.69) is 0 Å². The number of hydrogen-bond donors (Lipinski definition) is 0. The van der Waals surface area contributed by atoms with E-state index in [1.165, 1.54) is 0 Å².